The number of aromatic nitrogens is 2. The van der Waals surface area contributed by atoms with E-state index in [4.69, 9.17) is 4.74 Å². The molecule has 22 heavy (non-hydrogen) atoms. The summed E-state index contributed by atoms with van der Waals surface area (Å²) >= 11 is 0. The average Bonchev–Trinajstić information content (AvgIpc) is 2.87. The van der Waals surface area contributed by atoms with Crippen LogP contribution in [0.2, 0.25) is 0 Å². The zero-order valence-electron chi connectivity index (χ0n) is 13.2. The van der Waals surface area contributed by atoms with Gasteiger partial charge in [0.2, 0.25) is 0 Å². The van der Waals surface area contributed by atoms with Gasteiger partial charge >= 0.3 is 5.97 Å². The SMILES string of the molecule is Cc1cc(C)n([C@H]2CCCC[C@H]2OC(=O)c2ccccc2)n1. The molecule has 1 heterocycles. The van der Waals surface area contributed by atoms with E-state index in [0.29, 0.717) is 5.56 Å². The van der Waals surface area contributed by atoms with Crippen LogP contribution in [0.5, 0.6) is 0 Å². The molecule has 1 fully saturated rings. The molecule has 4 heteroatoms. The number of aryl methyl sites for hydroxylation is 2. The van der Waals surface area contributed by atoms with Crippen LogP contribution in [0.15, 0.2) is 36.4 Å². The first-order valence-corrected chi connectivity index (χ1v) is 7.94. The number of benzene rings is 1. The Balaban J connectivity index is 1.78. The van der Waals surface area contributed by atoms with Gasteiger partial charge in [-0.3, -0.25) is 4.68 Å². The Morgan fingerprint density at radius 1 is 1.18 bits per heavy atom. The fraction of sp³-hybridized carbons (Fsp3) is 0.444. The molecular formula is C18H22N2O2. The molecule has 4 nitrogen and oxygen atoms in total. The molecule has 1 aromatic carbocycles. The van der Waals surface area contributed by atoms with Crippen molar-refractivity contribution in [1.29, 1.82) is 0 Å². The van der Waals surface area contributed by atoms with Gasteiger partial charge in [-0.15, -0.1) is 0 Å². The van der Waals surface area contributed by atoms with E-state index >= 15 is 0 Å². The number of carbonyl (C=O) groups excluding carboxylic acids is 1. The first-order chi connectivity index (χ1) is 10.6. The van der Waals surface area contributed by atoms with Gasteiger partial charge in [-0.25, -0.2) is 4.79 Å². The highest BCUT2D eigenvalue weighted by Gasteiger charge is 2.31. The van der Waals surface area contributed by atoms with Gasteiger partial charge in [0.25, 0.3) is 0 Å². The summed E-state index contributed by atoms with van der Waals surface area (Å²) in [6.07, 6.45) is 4.07. The van der Waals surface area contributed by atoms with E-state index in [2.05, 4.69) is 18.1 Å². The predicted octanol–water partition coefficient (Wildman–Crippen LogP) is 3.84. The lowest BCUT2D eigenvalue weighted by molar-refractivity contribution is 0.00168. The van der Waals surface area contributed by atoms with Gasteiger partial charge in [0, 0.05) is 5.69 Å². The molecule has 3 rings (SSSR count). The van der Waals surface area contributed by atoms with Crippen LogP contribution in [0, 0.1) is 13.8 Å². The summed E-state index contributed by atoms with van der Waals surface area (Å²) in [5.41, 5.74) is 2.75. The van der Waals surface area contributed by atoms with E-state index in [9.17, 15) is 4.79 Å². The minimum absolute atomic E-state index is 0.0977. The van der Waals surface area contributed by atoms with Gasteiger partial charge in [0.1, 0.15) is 6.10 Å². The summed E-state index contributed by atoms with van der Waals surface area (Å²) in [6.45, 7) is 4.06. The highest BCUT2D eigenvalue weighted by Crippen LogP contribution is 2.32. The van der Waals surface area contributed by atoms with Crippen molar-refractivity contribution in [1.82, 2.24) is 9.78 Å². The van der Waals surface area contributed by atoms with Crippen LogP contribution in [0.1, 0.15) is 53.5 Å². The van der Waals surface area contributed by atoms with Crippen molar-refractivity contribution >= 4 is 5.97 Å². The summed E-state index contributed by atoms with van der Waals surface area (Å²) in [7, 11) is 0. The molecule has 1 saturated carbocycles. The van der Waals surface area contributed by atoms with E-state index in [0.717, 1.165) is 37.1 Å². The summed E-state index contributed by atoms with van der Waals surface area (Å²) < 4.78 is 7.85. The summed E-state index contributed by atoms with van der Waals surface area (Å²) in [5, 5.41) is 4.59. The molecule has 0 N–H and O–H groups in total. The number of hydrogen-bond donors (Lipinski definition) is 0. The van der Waals surface area contributed by atoms with Crippen LogP contribution in [0.4, 0.5) is 0 Å². The smallest absolute Gasteiger partial charge is 0.338 e. The van der Waals surface area contributed by atoms with E-state index < -0.39 is 0 Å². The molecule has 0 unspecified atom stereocenters. The van der Waals surface area contributed by atoms with Crippen LogP contribution in [-0.4, -0.2) is 21.9 Å². The fourth-order valence-corrected chi connectivity index (χ4v) is 3.26. The van der Waals surface area contributed by atoms with E-state index in [1.54, 1.807) is 12.1 Å². The van der Waals surface area contributed by atoms with Gasteiger partial charge in [-0.1, -0.05) is 24.6 Å². The molecule has 2 aromatic rings. The maximum Gasteiger partial charge on any atom is 0.338 e. The molecule has 0 radical (unpaired) electrons. The lowest BCUT2D eigenvalue weighted by atomic mass is 9.92. The highest BCUT2D eigenvalue weighted by molar-refractivity contribution is 5.89. The second kappa shape index (κ2) is 6.34. The maximum absolute atomic E-state index is 12.3. The Morgan fingerprint density at radius 2 is 1.91 bits per heavy atom. The lowest BCUT2D eigenvalue weighted by Gasteiger charge is -2.32. The van der Waals surface area contributed by atoms with Crippen molar-refractivity contribution < 1.29 is 9.53 Å². The first kappa shape index (κ1) is 14.8. The van der Waals surface area contributed by atoms with Crippen molar-refractivity contribution in [3.05, 3.63) is 53.3 Å². The number of rotatable bonds is 3. The Bertz CT molecular complexity index is 648. The van der Waals surface area contributed by atoms with Crippen molar-refractivity contribution in [3.63, 3.8) is 0 Å². The van der Waals surface area contributed by atoms with E-state index in [1.165, 1.54) is 0 Å². The van der Waals surface area contributed by atoms with Gasteiger partial charge in [0.05, 0.1) is 17.3 Å². The number of nitrogens with zero attached hydrogens (tertiary/aromatic N) is 2. The molecule has 0 amide bonds. The zero-order valence-corrected chi connectivity index (χ0v) is 13.2. The lowest BCUT2D eigenvalue weighted by Crippen LogP contribution is -2.33. The van der Waals surface area contributed by atoms with Crippen LogP contribution in [0.3, 0.4) is 0 Å². The van der Waals surface area contributed by atoms with Crippen molar-refractivity contribution in [3.8, 4) is 0 Å². The molecule has 0 aliphatic heterocycles. The normalized spacial score (nSPS) is 21.5. The Morgan fingerprint density at radius 3 is 2.59 bits per heavy atom. The van der Waals surface area contributed by atoms with E-state index in [-0.39, 0.29) is 18.1 Å². The molecule has 2 atom stereocenters. The quantitative estimate of drug-likeness (QED) is 0.809. The van der Waals surface area contributed by atoms with Crippen molar-refractivity contribution in [2.75, 3.05) is 0 Å². The van der Waals surface area contributed by atoms with Gasteiger partial charge < -0.3 is 4.74 Å². The van der Waals surface area contributed by atoms with Gasteiger partial charge in [0.15, 0.2) is 0 Å². The molecule has 116 valence electrons. The minimum Gasteiger partial charge on any atom is -0.457 e. The van der Waals surface area contributed by atoms with Crippen LogP contribution in [0.25, 0.3) is 0 Å². The van der Waals surface area contributed by atoms with Crippen LogP contribution in [-0.2, 0) is 4.74 Å². The summed E-state index contributed by atoms with van der Waals surface area (Å²) in [6, 6.07) is 11.4. The standard InChI is InChI=1S/C18H22N2O2/c1-13-12-14(2)20(19-13)16-10-6-7-11-17(16)22-18(21)15-8-4-3-5-9-15/h3-5,8-9,12,16-17H,6-7,10-11H2,1-2H3/t16-,17+/m0/s1. The molecule has 1 aromatic heterocycles. The number of ether oxygens (including phenoxy) is 1. The highest BCUT2D eigenvalue weighted by atomic mass is 16.5. The third kappa shape index (κ3) is 3.06. The number of hydrogen-bond acceptors (Lipinski definition) is 3. The monoisotopic (exact) mass is 298 g/mol. The van der Waals surface area contributed by atoms with Gasteiger partial charge in [-0.2, -0.15) is 5.10 Å². The topological polar surface area (TPSA) is 44.1 Å². The molecule has 0 bridgehead atoms. The summed E-state index contributed by atoms with van der Waals surface area (Å²) in [5.74, 6) is -0.237. The van der Waals surface area contributed by atoms with E-state index in [1.807, 2.05) is 29.8 Å². The molecule has 1 aliphatic rings. The predicted molar refractivity (Wildman–Crippen MR) is 84.9 cm³/mol. The number of carbonyl (C=O) groups is 1. The molecule has 0 spiro atoms. The second-order valence-electron chi connectivity index (χ2n) is 6.03. The third-order valence-corrected chi connectivity index (χ3v) is 4.29. The molecule has 0 saturated heterocycles. The third-order valence-electron chi connectivity index (χ3n) is 4.29. The average molecular weight is 298 g/mol. The Hall–Kier alpha value is -2.10. The summed E-state index contributed by atoms with van der Waals surface area (Å²) in [4.78, 5) is 12.3. The Labute approximate surface area is 131 Å². The minimum atomic E-state index is -0.237. The second-order valence-corrected chi connectivity index (χ2v) is 6.03. The Kier molecular flexibility index (Phi) is 4.27. The zero-order chi connectivity index (χ0) is 15.5. The fourth-order valence-electron chi connectivity index (χ4n) is 3.26. The first-order valence-electron chi connectivity index (χ1n) is 7.94. The van der Waals surface area contributed by atoms with Crippen LogP contribution >= 0.6 is 0 Å². The maximum atomic E-state index is 12.3. The number of esters is 1. The van der Waals surface area contributed by atoms with Crippen molar-refractivity contribution in [2.45, 2.75) is 51.7 Å². The van der Waals surface area contributed by atoms with Gasteiger partial charge in [-0.05, 0) is 51.3 Å². The largest absolute Gasteiger partial charge is 0.457 e. The molecule has 1 aliphatic carbocycles. The molecular weight excluding hydrogens is 276 g/mol. The van der Waals surface area contributed by atoms with Crippen LogP contribution < -0.4 is 0 Å². The van der Waals surface area contributed by atoms with Crippen molar-refractivity contribution in [2.24, 2.45) is 0 Å².